The van der Waals surface area contributed by atoms with E-state index in [0.717, 1.165) is 18.4 Å². The molecular formula is C21H20N4O3S. The molecular weight excluding hydrogens is 388 g/mol. The van der Waals surface area contributed by atoms with Crippen LogP contribution in [0.15, 0.2) is 65.8 Å². The maximum atomic E-state index is 12.4. The minimum atomic E-state index is -3.80. The molecule has 0 bridgehead atoms. The Kier molecular flexibility index (Phi) is 5.26. The molecule has 1 aromatic heterocycles. The average molecular weight is 408 g/mol. The first kappa shape index (κ1) is 19.1. The van der Waals surface area contributed by atoms with E-state index in [-0.39, 0.29) is 23.2 Å². The van der Waals surface area contributed by atoms with E-state index < -0.39 is 10.0 Å². The zero-order valence-electron chi connectivity index (χ0n) is 15.6. The Bertz CT molecular complexity index is 1130. The minimum absolute atomic E-state index is 0.000717. The lowest BCUT2D eigenvalue weighted by Crippen LogP contribution is -2.16. The Morgan fingerprint density at radius 3 is 2.45 bits per heavy atom. The number of benzene rings is 2. The summed E-state index contributed by atoms with van der Waals surface area (Å²) >= 11 is 0. The second-order valence-corrected chi connectivity index (χ2v) is 8.57. The molecule has 0 atom stereocenters. The van der Waals surface area contributed by atoms with Gasteiger partial charge in [0.15, 0.2) is 0 Å². The molecule has 2 aromatic carbocycles. The van der Waals surface area contributed by atoms with Crippen LogP contribution >= 0.6 is 0 Å². The first-order valence-corrected chi connectivity index (χ1v) is 10.8. The Morgan fingerprint density at radius 2 is 1.69 bits per heavy atom. The summed E-state index contributed by atoms with van der Waals surface area (Å²) in [5.41, 5.74) is 4.22. The molecule has 0 saturated heterocycles. The molecule has 0 fully saturated rings. The van der Waals surface area contributed by atoms with Gasteiger partial charge >= 0.3 is 0 Å². The number of amides is 1. The number of nitrogens with zero attached hydrogens (tertiary/aromatic N) is 2. The van der Waals surface area contributed by atoms with Crippen LogP contribution in [0.5, 0.6) is 0 Å². The first-order chi connectivity index (χ1) is 14.0. The van der Waals surface area contributed by atoms with Gasteiger partial charge in [0.25, 0.3) is 10.0 Å². The normalized spacial score (nSPS) is 13.0. The summed E-state index contributed by atoms with van der Waals surface area (Å²) < 4.78 is 27.1. The van der Waals surface area contributed by atoms with E-state index in [2.05, 4.69) is 32.1 Å². The highest BCUT2D eigenvalue weighted by Gasteiger charge is 2.16. The number of hydrogen-bond acceptors (Lipinski definition) is 5. The van der Waals surface area contributed by atoms with E-state index >= 15 is 0 Å². The predicted octanol–water partition coefficient (Wildman–Crippen LogP) is 2.95. The van der Waals surface area contributed by atoms with Gasteiger partial charge in [0.2, 0.25) is 11.9 Å². The lowest BCUT2D eigenvalue weighted by atomic mass is 10.0. The van der Waals surface area contributed by atoms with Gasteiger partial charge in [0, 0.05) is 18.1 Å². The number of fused-ring (bicyclic) bond motifs is 1. The topological polar surface area (TPSA) is 101 Å². The highest BCUT2D eigenvalue weighted by Crippen LogP contribution is 2.23. The summed E-state index contributed by atoms with van der Waals surface area (Å²) in [7, 11) is -3.80. The number of aryl methyl sites for hydroxylation is 2. The second kappa shape index (κ2) is 8.00. The number of hydrogen-bond donors (Lipinski definition) is 2. The third kappa shape index (κ3) is 4.60. The number of carbonyl (C=O) groups is 1. The molecule has 2 N–H and O–H groups in total. The van der Waals surface area contributed by atoms with Crippen molar-refractivity contribution in [2.75, 3.05) is 10.0 Å². The van der Waals surface area contributed by atoms with Crippen LogP contribution in [0.1, 0.15) is 23.1 Å². The maximum absolute atomic E-state index is 12.4. The maximum Gasteiger partial charge on any atom is 0.264 e. The van der Waals surface area contributed by atoms with Gasteiger partial charge in [-0.3, -0.25) is 4.79 Å². The average Bonchev–Trinajstić information content (AvgIpc) is 3.16. The van der Waals surface area contributed by atoms with Crippen molar-refractivity contribution in [2.24, 2.45) is 0 Å². The number of nitrogens with one attached hydrogen (secondary N) is 2. The summed E-state index contributed by atoms with van der Waals surface area (Å²) in [6.07, 6.45) is 6.53. The molecule has 0 aliphatic heterocycles. The monoisotopic (exact) mass is 408 g/mol. The van der Waals surface area contributed by atoms with Crippen LogP contribution in [0.2, 0.25) is 0 Å². The molecule has 1 heterocycles. The molecule has 1 amide bonds. The second-order valence-electron chi connectivity index (χ2n) is 6.88. The van der Waals surface area contributed by atoms with Crippen LogP contribution in [0.4, 0.5) is 11.6 Å². The van der Waals surface area contributed by atoms with E-state index in [1.807, 2.05) is 6.07 Å². The van der Waals surface area contributed by atoms with Crippen LogP contribution in [-0.2, 0) is 34.1 Å². The van der Waals surface area contributed by atoms with Crippen molar-refractivity contribution in [1.82, 2.24) is 9.97 Å². The van der Waals surface area contributed by atoms with E-state index in [4.69, 9.17) is 0 Å². The number of sulfonamides is 1. The van der Waals surface area contributed by atoms with E-state index in [1.54, 1.807) is 18.2 Å². The number of anilines is 2. The molecule has 0 radical (unpaired) electrons. The Hall–Kier alpha value is -3.26. The van der Waals surface area contributed by atoms with Crippen LogP contribution < -0.4 is 10.0 Å². The number of rotatable bonds is 6. The fraction of sp³-hybridized carbons (Fsp3) is 0.190. The Morgan fingerprint density at radius 1 is 0.966 bits per heavy atom. The summed E-state index contributed by atoms with van der Waals surface area (Å²) in [6.45, 7) is 0. The van der Waals surface area contributed by atoms with Crippen molar-refractivity contribution in [2.45, 2.75) is 30.6 Å². The lowest BCUT2D eigenvalue weighted by molar-refractivity contribution is -0.115. The van der Waals surface area contributed by atoms with Crippen molar-refractivity contribution < 1.29 is 13.2 Å². The largest absolute Gasteiger partial charge is 0.326 e. The van der Waals surface area contributed by atoms with Crippen LogP contribution in [-0.4, -0.2) is 24.3 Å². The van der Waals surface area contributed by atoms with Crippen LogP contribution in [0.3, 0.4) is 0 Å². The number of aromatic nitrogens is 2. The molecule has 148 valence electrons. The molecule has 0 spiro atoms. The Balaban J connectivity index is 1.39. The summed E-state index contributed by atoms with van der Waals surface area (Å²) in [6, 6.07) is 13.8. The van der Waals surface area contributed by atoms with Gasteiger partial charge in [0.05, 0.1) is 11.3 Å². The molecule has 7 nitrogen and oxygen atoms in total. The molecule has 0 saturated carbocycles. The van der Waals surface area contributed by atoms with Crippen LogP contribution in [0, 0.1) is 0 Å². The number of carbonyl (C=O) groups excluding carboxylic acids is 1. The quantitative estimate of drug-likeness (QED) is 0.653. The standard InChI is InChI=1S/C21H20N4O3S/c26-20(14-15-5-6-16-3-1-4-17(16)13-15)24-18-7-9-19(10-8-18)29(27,28)25-21-22-11-2-12-23-21/h2,5-13H,1,3-4,14H2,(H,24,26)(H,22,23,25). The van der Waals surface area contributed by atoms with Crippen molar-refractivity contribution in [3.05, 3.63) is 77.6 Å². The SMILES string of the molecule is O=C(Cc1ccc2c(c1)CCC2)Nc1ccc(S(=O)(=O)Nc2ncccn2)cc1. The van der Waals surface area contributed by atoms with Crippen molar-refractivity contribution in [1.29, 1.82) is 0 Å². The fourth-order valence-corrected chi connectivity index (χ4v) is 4.33. The van der Waals surface area contributed by atoms with Gasteiger partial charge in [-0.2, -0.15) is 0 Å². The fourth-order valence-electron chi connectivity index (χ4n) is 3.37. The molecule has 8 heteroatoms. The van der Waals surface area contributed by atoms with Crippen molar-refractivity contribution in [3.8, 4) is 0 Å². The summed E-state index contributed by atoms with van der Waals surface area (Å²) in [5.74, 6) is -0.145. The molecule has 0 unspecified atom stereocenters. The smallest absolute Gasteiger partial charge is 0.264 e. The highest BCUT2D eigenvalue weighted by molar-refractivity contribution is 7.92. The lowest BCUT2D eigenvalue weighted by Gasteiger charge is -2.09. The molecule has 29 heavy (non-hydrogen) atoms. The van der Waals surface area contributed by atoms with E-state index in [9.17, 15) is 13.2 Å². The zero-order chi connectivity index (χ0) is 20.3. The van der Waals surface area contributed by atoms with Gasteiger partial charge in [-0.15, -0.1) is 0 Å². The Labute approximate surface area is 169 Å². The predicted molar refractivity (Wildman–Crippen MR) is 110 cm³/mol. The van der Waals surface area contributed by atoms with Gasteiger partial charge in [-0.25, -0.2) is 23.1 Å². The van der Waals surface area contributed by atoms with Gasteiger partial charge in [-0.1, -0.05) is 18.2 Å². The van der Waals surface area contributed by atoms with E-state index in [0.29, 0.717) is 5.69 Å². The van der Waals surface area contributed by atoms with Crippen molar-refractivity contribution in [3.63, 3.8) is 0 Å². The van der Waals surface area contributed by atoms with E-state index in [1.165, 1.54) is 42.1 Å². The zero-order valence-corrected chi connectivity index (χ0v) is 16.4. The summed E-state index contributed by atoms with van der Waals surface area (Å²) in [4.78, 5) is 20.1. The first-order valence-electron chi connectivity index (χ1n) is 9.30. The van der Waals surface area contributed by atoms with Gasteiger partial charge < -0.3 is 5.32 Å². The molecule has 4 rings (SSSR count). The van der Waals surface area contributed by atoms with Crippen LogP contribution in [0.25, 0.3) is 0 Å². The third-order valence-electron chi connectivity index (χ3n) is 4.77. The van der Waals surface area contributed by atoms with Gasteiger partial charge in [0.1, 0.15) is 0 Å². The van der Waals surface area contributed by atoms with Crippen molar-refractivity contribution >= 4 is 27.6 Å². The third-order valence-corrected chi connectivity index (χ3v) is 6.11. The molecule has 1 aliphatic carbocycles. The molecule has 1 aliphatic rings. The highest BCUT2D eigenvalue weighted by atomic mass is 32.2. The van der Waals surface area contributed by atoms with Gasteiger partial charge in [-0.05, 0) is 66.3 Å². The minimum Gasteiger partial charge on any atom is -0.326 e. The molecule has 3 aromatic rings. The summed E-state index contributed by atoms with van der Waals surface area (Å²) in [5, 5.41) is 2.81.